The van der Waals surface area contributed by atoms with E-state index in [0.717, 1.165) is 51.0 Å². The zero-order valence-electron chi connectivity index (χ0n) is 12.0. The second-order valence-corrected chi connectivity index (χ2v) is 5.88. The van der Waals surface area contributed by atoms with E-state index in [1.807, 2.05) is 6.07 Å². The minimum absolute atomic E-state index is 0.189. The van der Waals surface area contributed by atoms with Crippen LogP contribution in [-0.4, -0.2) is 19.8 Å². The maximum absolute atomic E-state index is 13.7. The third-order valence-corrected chi connectivity index (χ3v) is 4.20. The summed E-state index contributed by atoms with van der Waals surface area (Å²) in [5.41, 5.74) is 0.992. The highest BCUT2D eigenvalue weighted by atomic mass is 35.5. The molecule has 0 radical (unpaired) electrons. The fourth-order valence-electron chi connectivity index (χ4n) is 2.70. The molecule has 1 aromatic carbocycles. The Bertz CT molecular complexity index is 421. The Morgan fingerprint density at radius 3 is 2.80 bits per heavy atom. The fraction of sp³-hybridized carbons (Fsp3) is 0.625. The van der Waals surface area contributed by atoms with Crippen LogP contribution in [0.15, 0.2) is 18.2 Å². The van der Waals surface area contributed by atoms with E-state index >= 15 is 0 Å². The number of hydrogen-bond donors (Lipinski definition) is 1. The molecule has 20 heavy (non-hydrogen) atoms. The summed E-state index contributed by atoms with van der Waals surface area (Å²) in [6, 6.07) is 5.34. The molecular formula is C16H23ClFNO. The molecule has 2 nitrogen and oxygen atoms in total. The molecule has 0 spiro atoms. The molecule has 0 aliphatic carbocycles. The van der Waals surface area contributed by atoms with Crippen LogP contribution in [0.4, 0.5) is 4.39 Å². The lowest BCUT2D eigenvalue weighted by molar-refractivity contribution is 0.0605. The van der Waals surface area contributed by atoms with Gasteiger partial charge in [-0.2, -0.15) is 0 Å². The number of nitrogens with one attached hydrogen (secondary N) is 1. The van der Waals surface area contributed by atoms with Crippen molar-refractivity contribution in [2.75, 3.05) is 19.8 Å². The summed E-state index contributed by atoms with van der Waals surface area (Å²) < 4.78 is 19.1. The molecule has 4 heteroatoms. The van der Waals surface area contributed by atoms with Crippen molar-refractivity contribution in [2.24, 2.45) is 5.92 Å². The predicted octanol–water partition coefficient (Wildman–Crippen LogP) is 4.34. The summed E-state index contributed by atoms with van der Waals surface area (Å²) >= 11 is 5.77. The van der Waals surface area contributed by atoms with Crippen molar-refractivity contribution >= 4 is 11.6 Å². The molecule has 1 aromatic rings. The van der Waals surface area contributed by atoms with E-state index in [0.29, 0.717) is 5.92 Å². The van der Waals surface area contributed by atoms with Crippen LogP contribution in [0.1, 0.15) is 44.2 Å². The van der Waals surface area contributed by atoms with E-state index in [1.54, 1.807) is 12.1 Å². The van der Waals surface area contributed by atoms with Gasteiger partial charge >= 0.3 is 0 Å². The zero-order chi connectivity index (χ0) is 14.4. The third kappa shape index (κ3) is 4.44. The van der Waals surface area contributed by atoms with E-state index in [9.17, 15) is 4.39 Å². The van der Waals surface area contributed by atoms with Crippen LogP contribution in [0.2, 0.25) is 5.02 Å². The first-order chi connectivity index (χ1) is 9.70. The van der Waals surface area contributed by atoms with Gasteiger partial charge in [-0.15, -0.1) is 0 Å². The molecular weight excluding hydrogens is 277 g/mol. The Kier molecular flexibility index (Phi) is 6.27. The van der Waals surface area contributed by atoms with Crippen molar-refractivity contribution < 1.29 is 9.13 Å². The van der Waals surface area contributed by atoms with Crippen molar-refractivity contribution in [3.8, 4) is 0 Å². The Morgan fingerprint density at radius 1 is 1.40 bits per heavy atom. The van der Waals surface area contributed by atoms with Crippen LogP contribution in [-0.2, 0) is 4.74 Å². The second kappa shape index (κ2) is 7.96. The van der Waals surface area contributed by atoms with Crippen molar-refractivity contribution in [1.82, 2.24) is 5.32 Å². The van der Waals surface area contributed by atoms with Crippen LogP contribution in [0.5, 0.6) is 0 Å². The molecule has 1 fully saturated rings. The maximum Gasteiger partial charge on any atom is 0.142 e. The number of halogens is 2. The van der Waals surface area contributed by atoms with Gasteiger partial charge in [0.2, 0.25) is 0 Å². The van der Waals surface area contributed by atoms with E-state index in [-0.39, 0.29) is 16.9 Å². The molecule has 1 aliphatic heterocycles. The summed E-state index contributed by atoms with van der Waals surface area (Å²) in [7, 11) is 0. The standard InChI is InChI=1S/C16H23ClFNO/c1-2-7-19-16(10-12-5-8-20-9-6-12)13-3-4-14(17)15(18)11-13/h3-4,11-12,16,19H,2,5-10H2,1H3. The summed E-state index contributed by atoms with van der Waals surface area (Å²) in [4.78, 5) is 0. The average Bonchev–Trinajstić information content (AvgIpc) is 2.47. The monoisotopic (exact) mass is 299 g/mol. The van der Waals surface area contributed by atoms with Crippen molar-refractivity contribution in [3.05, 3.63) is 34.6 Å². The quantitative estimate of drug-likeness (QED) is 0.844. The van der Waals surface area contributed by atoms with Crippen molar-refractivity contribution in [3.63, 3.8) is 0 Å². The number of rotatable bonds is 6. The summed E-state index contributed by atoms with van der Waals surface area (Å²) in [5, 5.41) is 3.72. The van der Waals surface area contributed by atoms with E-state index in [2.05, 4.69) is 12.2 Å². The van der Waals surface area contributed by atoms with Crippen molar-refractivity contribution in [2.45, 2.75) is 38.6 Å². The first kappa shape index (κ1) is 15.7. The SMILES string of the molecule is CCCNC(CC1CCOCC1)c1ccc(Cl)c(F)c1. The highest BCUT2D eigenvalue weighted by Crippen LogP contribution is 2.29. The molecule has 1 atom stereocenters. The van der Waals surface area contributed by atoms with Crippen LogP contribution < -0.4 is 5.32 Å². The normalized spacial score (nSPS) is 18.1. The number of ether oxygens (including phenoxy) is 1. The molecule has 0 bridgehead atoms. The topological polar surface area (TPSA) is 21.3 Å². The van der Waals surface area contributed by atoms with E-state index in [4.69, 9.17) is 16.3 Å². The van der Waals surface area contributed by atoms with Crippen molar-refractivity contribution in [1.29, 1.82) is 0 Å². The maximum atomic E-state index is 13.7. The zero-order valence-corrected chi connectivity index (χ0v) is 12.8. The number of benzene rings is 1. The van der Waals surface area contributed by atoms with E-state index in [1.165, 1.54) is 0 Å². The molecule has 0 saturated carbocycles. The van der Waals surface area contributed by atoms with Gasteiger partial charge in [-0.3, -0.25) is 0 Å². The molecule has 0 amide bonds. The predicted molar refractivity (Wildman–Crippen MR) is 80.6 cm³/mol. The first-order valence-corrected chi connectivity index (χ1v) is 7.84. The molecule has 2 rings (SSSR count). The van der Waals surface area contributed by atoms with Crippen LogP contribution in [0.25, 0.3) is 0 Å². The largest absolute Gasteiger partial charge is 0.381 e. The molecule has 1 heterocycles. The van der Waals surface area contributed by atoms with Gasteiger partial charge in [0.05, 0.1) is 5.02 Å². The summed E-state index contributed by atoms with van der Waals surface area (Å²) in [5.74, 6) is 0.316. The van der Waals surface area contributed by atoms with Gasteiger partial charge in [0.25, 0.3) is 0 Å². The highest BCUT2D eigenvalue weighted by Gasteiger charge is 2.20. The summed E-state index contributed by atoms with van der Waals surface area (Å²) in [6.45, 7) is 4.78. The van der Waals surface area contributed by atoms with Gasteiger partial charge < -0.3 is 10.1 Å². The smallest absolute Gasteiger partial charge is 0.142 e. The van der Waals surface area contributed by atoms with E-state index < -0.39 is 0 Å². The second-order valence-electron chi connectivity index (χ2n) is 5.47. The highest BCUT2D eigenvalue weighted by molar-refractivity contribution is 6.30. The average molecular weight is 300 g/mol. The Balaban J connectivity index is 2.06. The van der Waals surface area contributed by atoms with Gasteiger partial charge in [-0.25, -0.2) is 4.39 Å². The first-order valence-electron chi connectivity index (χ1n) is 7.46. The van der Waals surface area contributed by atoms with Gasteiger partial charge in [-0.1, -0.05) is 24.6 Å². The Labute approximate surface area is 125 Å². The Hall–Kier alpha value is -0.640. The molecule has 1 N–H and O–H groups in total. The fourth-order valence-corrected chi connectivity index (χ4v) is 2.82. The minimum atomic E-state index is -0.334. The van der Waals surface area contributed by atoms with Gasteiger partial charge in [0.1, 0.15) is 5.82 Å². The lowest BCUT2D eigenvalue weighted by Gasteiger charge is -2.27. The lowest BCUT2D eigenvalue weighted by atomic mass is 9.89. The van der Waals surface area contributed by atoms with Gasteiger partial charge in [-0.05, 0) is 55.8 Å². The van der Waals surface area contributed by atoms with Crippen LogP contribution in [0, 0.1) is 11.7 Å². The number of hydrogen-bond acceptors (Lipinski definition) is 2. The van der Waals surface area contributed by atoms with Gasteiger partial charge in [0, 0.05) is 19.3 Å². The molecule has 112 valence electrons. The molecule has 1 unspecified atom stereocenters. The molecule has 1 aliphatic rings. The summed E-state index contributed by atoms with van der Waals surface area (Å²) in [6.07, 6.45) is 4.30. The Morgan fingerprint density at radius 2 is 2.15 bits per heavy atom. The van der Waals surface area contributed by atoms with Crippen LogP contribution in [0.3, 0.4) is 0 Å². The molecule has 1 saturated heterocycles. The van der Waals surface area contributed by atoms with Gasteiger partial charge in [0.15, 0.2) is 0 Å². The minimum Gasteiger partial charge on any atom is -0.381 e. The van der Waals surface area contributed by atoms with Crippen LogP contribution >= 0.6 is 11.6 Å². The molecule has 0 aromatic heterocycles. The lowest BCUT2D eigenvalue weighted by Crippen LogP contribution is -2.27. The third-order valence-electron chi connectivity index (χ3n) is 3.90.